The van der Waals surface area contributed by atoms with Crippen LogP contribution in [0.4, 0.5) is 0 Å². The molecule has 1 heterocycles. The fraction of sp³-hybridized carbons (Fsp3) is 0.286. The van der Waals surface area contributed by atoms with Crippen LogP contribution in [0.3, 0.4) is 0 Å². The zero-order valence-corrected chi connectivity index (χ0v) is 13.6. The molecule has 0 spiro atoms. The summed E-state index contributed by atoms with van der Waals surface area (Å²) >= 11 is 0. The van der Waals surface area contributed by atoms with Crippen LogP contribution in [0.2, 0.25) is 0 Å². The van der Waals surface area contributed by atoms with E-state index >= 15 is 0 Å². The molecular formula is C21H23NO. The van der Waals surface area contributed by atoms with E-state index < -0.39 is 0 Å². The molecule has 1 aliphatic heterocycles. The SMILES string of the molecule is CC/C=C/N1C(=O)CC[C@H]1Cc1ccc(-c2ccccc2)cc1. The summed E-state index contributed by atoms with van der Waals surface area (Å²) in [5.41, 5.74) is 3.77. The molecule has 2 aromatic rings. The summed E-state index contributed by atoms with van der Waals surface area (Å²) in [5.74, 6) is 0.251. The lowest BCUT2D eigenvalue weighted by molar-refractivity contribution is -0.126. The van der Waals surface area contributed by atoms with E-state index in [1.54, 1.807) is 0 Å². The molecule has 2 heteroatoms. The molecule has 1 atom stereocenters. The first kappa shape index (κ1) is 15.5. The lowest BCUT2D eigenvalue weighted by Crippen LogP contribution is -2.29. The van der Waals surface area contributed by atoms with Crippen molar-refractivity contribution in [3.05, 3.63) is 72.4 Å². The maximum absolute atomic E-state index is 12.0. The molecular weight excluding hydrogens is 282 g/mol. The van der Waals surface area contributed by atoms with E-state index in [1.165, 1.54) is 16.7 Å². The van der Waals surface area contributed by atoms with E-state index in [9.17, 15) is 4.79 Å². The molecule has 118 valence electrons. The Morgan fingerprint density at radius 1 is 1.04 bits per heavy atom. The third kappa shape index (κ3) is 3.70. The maximum Gasteiger partial charge on any atom is 0.226 e. The maximum atomic E-state index is 12.0. The van der Waals surface area contributed by atoms with Gasteiger partial charge in [-0.1, -0.05) is 67.6 Å². The number of amides is 1. The van der Waals surface area contributed by atoms with E-state index in [0.29, 0.717) is 12.5 Å². The number of benzene rings is 2. The van der Waals surface area contributed by atoms with Crippen molar-refractivity contribution in [3.63, 3.8) is 0 Å². The molecule has 0 aromatic heterocycles. The molecule has 0 radical (unpaired) electrons. The van der Waals surface area contributed by atoms with E-state index in [-0.39, 0.29) is 5.91 Å². The zero-order valence-electron chi connectivity index (χ0n) is 13.6. The van der Waals surface area contributed by atoms with Crippen molar-refractivity contribution < 1.29 is 4.79 Å². The fourth-order valence-corrected chi connectivity index (χ4v) is 3.12. The third-order valence-electron chi connectivity index (χ3n) is 4.41. The van der Waals surface area contributed by atoms with Gasteiger partial charge in [-0.25, -0.2) is 0 Å². The number of hydrogen-bond donors (Lipinski definition) is 0. The van der Waals surface area contributed by atoms with E-state index in [1.807, 2.05) is 17.2 Å². The van der Waals surface area contributed by atoms with E-state index in [4.69, 9.17) is 0 Å². The van der Waals surface area contributed by atoms with Gasteiger partial charge in [0, 0.05) is 18.7 Å². The largest absolute Gasteiger partial charge is 0.316 e. The molecule has 3 rings (SSSR count). The first-order valence-corrected chi connectivity index (χ1v) is 8.40. The van der Waals surface area contributed by atoms with Crippen LogP contribution < -0.4 is 0 Å². The van der Waals surface area contributed by atoms with Crippen LogP contribution in [-0.4, -0.2) is 16.8 Å². The van der Waals surface area contributed by atoms with Crippen molar-refractivity contribution in [3.8, 4) is 11.1 Å². The fourth-order valence-electron chi connectivity index (χ4n) is 3.12. The highest BCUT2D eigenvalue weighted by atomic mass is 16.2. The van der Waals surface area contributed by atoms with E-state index in [0.717, 1.165) is 19.3 Å². The van der Waals surface area contributed by atoms with Crippen LogP contribution in [0.1, 0.15) is 31.7 Å². The minimum Gasteiger partial charge on any atom is -0.316 e. The molecule has 1 fully saturated rings. The summed E-state index contributed by atoms with van der Waals surface area (Å²) in [6.07, 6.45) is 7.54. The molecule has 2 nitrogen and oxygen atoms in total. The van der Waals surface area contributed by atoms with Crippen molar-refractivity contribution in [2.75, 3.05) is 0 Å². The summed E-state index contributed by atoms with van der Waals surface area (Å²) in [5, 5.41) is 0. The Bertz CT molecular complexity index is 673. The van der Waals surface area contributed by atoms with Crippen LogP contribution >= 0.6 is 0 Å². The Hall–Kier alpha value is -2.35. The summed E-state index contributed by atoms with van der Waals surface area (Å²) in [6.45, 7) is 2.09. The molecule has 1 saturated heterocycles. The molecule has 0 N–H and O–H groups in total. The van der Waals surface area contributed by atoms with Gasteiger partial charge in [0.25, 0.3) is 0 Å². The normalized spacial score (nSPS) is 18.0. The van der Waals surface area contributed by atoms with Crippen LogP contribution in [0.5, 0.6) is 0 Å². The van der Waals surface area contributed by atoms with Crippen molar-refractivity contribution >= 4 is 5.91 Å². The number of hydrogen-bond acceptors (Lipinski definition) is 1. The first-order valence-electron chi connectivity index (χ1n) is 8.40. The van der Waals surface area contributed by atoms with Crippen molar-refractivity contribution in [2.24, 2.45) is 0 Å². The van der Waals surface area contributed by atoms with Crippen molar-refractivity contribution in [1.82, 2.24) is 4.90 Å². The monoisotopic (exact) mass is 305 g/mol. The van der Waals surface area contributed by atoms with Crippen LogP contribution in [0.25, 0.3) is 11.1 Å². The summed E-state index contributed by atoms with van der Waals surface area (Å²) in [6, 6.07) is 19.4. The molecule has 0 saturated carbocycles. The lowest BCUT2D eigenvalue weighted by Gasteiger charge is -2.21. The van der Waals surface area contributed by atoms with Crippen molar-refractivity contribution in [2.45, 2.75) is 38.6 Å². The van der Waals surface area contributed by atoms with Gasteiger partial charge in [-0.3, -0.25) is 4.79 Å². The number of rotatable bonds is 5. The molecule has 0 unspecified atom stereocenters. The standard InChI is InChI=1S/C21H23NO/c1-2-3-15-22-20(13-14-21(22)23)16-17-9-11-19(12-10-17)18-7-5-4-6-8-18/h3-12,15,20H,2,13-14,16H2,1H3/b15-3+/t20-/m0/s1. The van der Waals surface area contributed by atoms with Gasteiger partial charge in [-0.05, 0) is 36.0 Å². The Balaban J connectivity index is 1.71. The highest BCUT2D eigenvalue weighted by Crippen LogP contribution is 2.25. The summed E-state index contributed by atoms with van der Waals surface area (Å²) in [7, 11) is 0. The van der Waals surface area contributed by atoms with Crippen LogP contribution in [0, 0.1) is 0 Å². The Kier molecular flexibility index (Phi) is 4.92. The van der Waals surface area contributed by atoms with Gasteiger partial charge in [-0.2, -0.15) is 0 Å². The van der Waals surface area contributed by atoms with Gasteiger partial charge < -0.3 is 4.90 Å². The average Bonchev–Trinajstić information content (AvgIpc) is 2.94. The highest BCUT2D eigenvalue weighted by Gasteiger charge is 2.29. The smallest absolute Gasteiger partial charge is 0.226 e. The molecule has 1 aliphatic rings. The number of likely N-dealkylation sites (tertiary alicyclic amines) is 1. The Labute approximate surface area is 138 Å². The van der Waals surface area contributed by atoms with Crippen molar-refractivity contribution in [1.29, 1.82) is 0 Å². The Morgan fingerprint density at radius 2 is 1.74 bits per heavy atom. The van der Waals surface area contributed by atoms with Gasteiger partial charge in [-0.15, -0.1) is 0 Å². The summed E-state index contributed by atoms with van der Waals surface area (Å²) in [4.78, 5) is 13.9. The quantitative estimate of drug-likeness (QED) is 0.776. The zero-order chi connectivity index (χ0) is 16.1. The average molecular weight is 305 g/mol. The number of carbonyl (C=O) groups is 1. The van der Waals surface area contributed by atoms with Gasteiger partial charge in [0.15, 0.2) is 0 Å². The van der Waals surface area contributed by atoms with Gasteiger partial charge in [0.05, 0.1) is 0 Å². The topological polar surface area (TPSA) is 20.3 Å². The van der Waals surface area contributed by atoms with Crippen LogP contribution in [0.15, 0.2) is 66.9 Å². The number of carbonyl (C=O) groups excluding carboxylic acids is 1. The Morgan fingerprint density at radius 3 is 2.43 bits per heavy atom. The summed E-state index contributed by atoms with van der Waals surface area (Å²) < 4.78 is 0. The highest BCUT2D eigenvalue weighted by molar-refractivity contribution is 5.79. The molecule has 2 aromatic carbocycles. The second-order valence-electron chi connectivity index (χ2n) is 6.05. The third-order valence-corrected chi connectivity index (χ3v) is 4.41. The first-order chi connectivity index (χ1) is 11.3. The van der Waals surface area contributed by atoms with E-state index in [2.05, 4.69) is 61.5 Å². The minimum absolute atomic E-state index is 0.251. The minimum atomic E-state index is 0.251. The molecule has 0 bridgehead atoms. The lowest BCUT2D eigenvalue weighted by atomic mass is 10.00. The number of nitrogens with zero attached hydrogens (tertiary/aromatic N) is 1. The predicted octanol–water partition coefficient (Wildman–Crippen LogP) is 4.81. The molecule has 0 aliphatic carbocycles. The number of allylic oxidation sites excluding steroid dienone is 1. The second kappa shape index (κ2) is 7.28. The van der Waals surface area contributed by atoms with Gasteiger partial charge in [0.2, 0.25) is 5.91 Å². The van der Waals surface area contributed by atoms with Gasteiger partial charge >= 0.3 is 0 Å². The molecule has 23 heavy (non-hydrogen) atoms. The van der Waals surface area contributed by atoms with Crippen LogP contribution in [-0.2, 0) is 11.2 Å². The second-order valence-corrected chi connectivity index (χ2v) is 6.05. The predicted molar refractivity (Wildman–Crippen MR) is 94.9 cm³/mol. The molecule has 1 amide bonds. The van der Waals surface area contributed by atoms with Gasteiger partial charge in [0.1, 0.15) is 0 Å².